The van der Waals surface area contributed by atoms with Gasteiger partial charge in [-0.3, -0.25) is 0 Å². The van der Waals surface area contributed by atoms with Gasteiger partial charge in [0.1, 0.15) is 5.82 Å². The number of anilines is 2. The van der Waals surface area contributed by atoms with Crippen molar-refractivity contribution < 1.29 is 8.42 Å². The van der Waals surface area contributed by atoms with Crippen LogP contribution in [0.5, 0.6) is 0 Å². The van der Waals surface area contributed by atoms with Crippen LogP contribution in [0.25, 0.3) is 0 Å². The van der Waals surface area contributed by atoms with Gasteiger partial charge in [-0.05, 0) is 29.0 Å². The highest BCUT2D eigenvalue weighted by Crippen LogP contribution is 2.19. The second kappa shape index (κ2) is 5.46. The molecule has 0 aliphatic carbocycles. The van der Waals surface area contributed by atoms with Crippen LogP contribution >= 0.6 is 15.9 Å². The van der Waals surface area contributed by atoms with E-state index in [1.807, 2.05) is 0 Å². The number of rotatable bonds is 5. The van der Waals surface area contributed by atoms with Crippen LogP contribution in [-0.2, 0) is 10.0 Å². The van der Waals surface area contributed by atoms with Gasteiger partial charge in [-0.25, -0.2) is 18.1 Å². The Labute approximate surface area is 103 Å². The largest absolute Gasteiger partial charge is 0.396 e. The maximum absolute atomic E-state index is 11.1. The van der Waals surface area contributed by atoms with Gasteiger partial charge in [0.15, 0.2) is 0 Å². The first kappa shape index (κ1) is 13.2. The zero-order valence-electron chi connectivity index (χ0n) is 8.70. The van der Waals surface area contributed by atoms with Gasteiger partial charge in [0, 0.05) is 17.2 Å². The Morgan fingerprint density at radius 3 is 2.81 bits per heavy atom. The first-order chi connectivity index (χ1) is 7.44. The predicted molar refractivity (Wildman–Crippen MR) is 67.7 cm³/mol. The number of nitrogens with zero attached hydrogens (tertiary/aromatic N) is 1. The SMILES string of the molecule is CNS(=O)(=O)CCNc1ncc(Br)cc1N. The summed E-state index contributed by atoms with van der Waals surface area (Å²) >= 11 is 3.23. The van der Waals surface area contributed by atoms with Gasteiger partial charge < -0.3 is 11.1 Å². The van der Waals surface area contributed by atoms with Crippen LogP contribution in [0, 0.1) is 0 Å². The molecule has 0 radical (unpaired) electrons. The van der Waals surface area contributed by atoms with E-state index >= 15 is 0 Å². The summed E-state index contributed by atoms with van der Waals surface area (Å²) in [6.07, 6.45) is 1.59. The molecule has 1 aromatic heterocycles. The van der Waals surface area contributed by atoms with Gasteiger partial charge >= 0.3 is 0 Å². The third-order valence-corrected chi connectivity index (χ3v) is 3.66. The van der Waals surface area contributed by atoms with Crippen molar-refractivity contribution in [3.63, 3.8) is 0 Å². The van der Waals surface area contributed by atoms with E-state index in [0.29, 0.717) is 11.5 Å². The first-order valence-corrected chi connectivity index (χ1v) is 6.95. The van der Waals surface area contributed by atoms with Gasteiger partial charge in [-0.1, -0.05) is 0 Å². The van der Waals surface area contributed by atoms with Crippen molar-refractivity contribution in [2.45, 2.75) is 0 Å². The molecule has 0 amide bonds. The molecule has 1 heterocycles. The number of halogens is 1. The molecule has 0 aliphatic rings. The Kier molecular flexibility index (Phi) is 4.51. The molecule has 4 N–H and O–H groups in total. The highest BCUT2D eigenvalue weighted by atomic mass is 79.9. The minimum absolute atomic E-state index is 0.0271. The van der Waals surface area contributed by atoms with E-state index in [2.05, 4.69) is 31.0 Å². The minimum Gasteiger partial charge on any atom is -0.396 e. The maximum atomic E-state index is 11.1. The summed E-state index contributed by atoms with van der Waals surface area (Å²) in [4.78, 5) is 4.02. The lowest BCUT2D eigenvalue weighted by Gasteiger charge is -2.08. The molecule has 0 unspecified atom stereocenters. The van der Waals surface area contributed by atoms with Crippen LogP contribution in [-0.4, -0.2) is 32.7 Å². The van der Waals surface area contributed by atoms with Crippen LogP contribution in [0.15, 0.2) is 16.7 Å². The van der Waals surface area contributed by atoms with E-state index in [9.17, 15) is 8.42 Å². The second-order valence-electron chi connectivity index (χ2n) is 3.04. The number of hydrogen-bond acceptors (Lipinski definition) is 5. The monoisotopic (exact) mass is 308 g/mol. The van der Waals surface area contributed by atoms with Gasteiger partial charge in [0.05, 0.1) is 11.4 Å². The molecule has 0 saturated heterocycles. The Hall–Kier alpha value is -0.860. The highest BCUT2D eigenvalue weighted by Gasteiger charge is 2.07. The van der Waals surface area contributed by atoms with Crippen molar-refractivity contribution in [3.8, 4) is 0 Å². The summed E-state index contributed by atoms with van der Waals surface area (Å²) in [6.45, 7) is 0.252. The molecule has 0 fully saturated rings. The van der Waals surface area contributed by atoms with E-state index in [4.69, 9.17) is 5.73 Å². The molecule has 0 saturated carbocycles. The number of nitrogen functional groups attached to an aromatic ring is 1. The van der Waals surface area contributed by atoms with Crippen LogP contribution in [0.3, 0.4) is 0 Å². The van der Waals surface area contributed by atoms with Crippen LogP contribution in [0.2, 0.25) is 0 Å². The quantitative estimate of drug-likeness (QED) is 0.731. The first-order valence-electron chi connectivity index (χ1n) is 4.51. The lowest BCUT2D eigenvalue weighted by Crippen LogP contribution is -2.26. The summed E-state index contributed by atoms with van der Waals surface area (Å²) in [5.74, 6) is 0.454. The lowest BCUT2D eigenvalue weighted by atomic mass is 10.4. The Morgan fingerprint density at radius 1 is 1.56 bits per heavy atom. The second-order valence-corrected chi connectivity index (χ2v) is 6.00. The highest BCUT2D eigenvalue weighted by molar-refractivity contribution is 9.10. The molecule has 0 bridgehead atoms. The summed E-state index contributed by atoms with van der Waals surface area (Å²) in [5.41, 5.74) is 6.15. The molecule has 1 aromatic rings. The normalized spacial score (nSPS) is 11.4. The third-order valence-electron chi connectivity index (χ3n) is 1.86. The summed E-state index contributed by atoms with van der Waals surface area (Å²) in [7, 11) is -1.82. The molecule has 0 aliphatic heterocycles. The number of nitrogens with two attached hydrogens (primary N) is 1. The van der Waals surface area contributed by atoms with Crippen molar-refractivity contribution in [1.82, 2.24) is 9.71 Å². The smallest absolute Gasteiger partial charge is 0.213 e. The Balaban J connectivity index is 2.56. The van der Waals surface area contributed by atoms with E-state index < -0.39 is 10.0 Å². The van der Waals surface area contributed by atoms with Crippen LogP contribution in [0.4, 0.5) is 11.5 Å². The van der Waals surface area contributed by atoms with E-state index in [-0.39, 0.29) is 12.3 Å². The van der Waals surface area contributed by atoms with Crippen molar-refractivity contribution >= 4 is 37.5 Å². The lowest BCUT2D eigenvalue weighted by molar-refractivity contribution is 0.588. The van der Waals surface area contributed by atoms with Crippen molar-refractivity contribution in [3.05, 3.63) is 16.7 Å². The zero-order valence-corrected chi connectivity index (χ0v) is 11.1. The molecule has 6 nitrogen and oxygen atoms in total. The third kappa shape index (κ3) is 3.95. The predicted octanol–water partition coefficient (Wildman–Crippen LogP) is 0.387. The molecule has 0 atom stereocenters. The van der Waals surface area contributed by atoms with Gasteiger partial charge in [-0.2, -0.15) is 0 Å². The molecule has 1 rings (SSSR count). The molecular weight excluding hydrogens is 296 g/mol. The van der Waals surface area contributed by atoms with Crippen molar-refractivity contribution in [2.24, 2.45) is 0 Å². The van der Waals surface area contributed by atoms with Gasteiger partial charge in [-0.15, -0.1) is 0 Å². The summed E-state index contributed by atoms with van der Waals surface area (Å²) < 4.78 is 25.2. The molecule has 0 spiro atoms. The zero-order chi connectivity index (χ0) is 12.2. The summed E-state index contributed by atoms with van der Waals surface area (Å²) in [5, 5.41) is 2.85. The molecule has 8 heteroatoms. The number of pyridine rings is 1. The van der Waals surface area contributed by atoms with E-state index in [0.717, 1.165) is 4.47 Å². The van der Waals surface area contributed by atoms with E-state index in [1.165, 1.54) is 7.05 Å². The molecular formula is C8H13BrN4O2S. The number of hydrogen-bond donors (Lipinski definition) is 3. The maximum Gasteiger partial charge on any atom is 0.213 e. The van der Waals surface area contributed by atoms with Crippen LogP contribution in [0.1, 0.15) is 0 Å². The van der Waals surface area contributed by atoms with Crippen molar-refractivity contribution in [2.75, 3.05) is 30.4 Å². The molecule has 0 aromatic carbocycles. The minimum atomic E-state index is -3.20. The number of aromatic nitrogens is 1. The standard InChI is InChI=1S/C8H13BrN4O2S/c1-11-16(14,15)3-2-12-8-7(10)4-6(9)5-13-8/h4-5,11H,2-3,10H2,1H3,(H,12,13). The van der Waals surface area contributed by atoms with Gasteiger partial charge in [0.25, 0.3) is 0 Å². The van der Waals surface area contributed by atoms with Crippen LogP contribution < -0.4 is 15.8 Å². The Morgan fingerprint density at radius 2 is 2.25 bits per heavy atom. The average molecular weight is 309 g/mol. The summed E-state index contributed by atoms with van der Waals surface area (Å²) in [6, 6.07) is 1.70. The fourth-order valence-corrected chi connectivity index (χ4v) is 1.93. The van der Waals surface area contributed by atoms with Crippen molar-refractivity contribution in [1.29, 1.82) is 0 Å². The average Bonchev–Trinajstić information content (AvgIpc) is 2.21. The van der Waals surface area contributed by atoms with Gasteiger partial charge in [0.2, 0.25) is 10.0 Å². The molecule has 90 valence electrons. The Bertz CT molecular complexity index is 463. The number of sulfonamides is 1. The topological polar surface area (TPSA) is 97.1 Å². The fourth-order valence-electron chi connectivity index (χ4n) is 1.01. The number of nitrogens with one attached hydrogen (secondary N) is 2. The fraction of sp³-hybridized carbons (Fsp3) is 0.375. The van der Waals surface area contributed by atoms with E-state index in [1.54, 1.807) is 12.3 Å². The molecule has 16 heavy (non-hydrogen) atoms.